The highest BCUT2D eigenvalue weighted by Gasteiger charge is 2.13. The van der Waals surface area contributed by atoms with Gasteiger partial charge in [0.25, 0.3) is 11.6 Å². The second-order valence-electron chi connectivity index (χ2n) is 5.80. The van der Waals surface area contributed by atoms with Crippen LogP contribution >= 0.6 is 0 Å². The molecule has 0 atom stereocenters. The van der Waals surface area contributed by atoms with E-state index in [0.717, 1.165) is 11.1 Å². The second-order valence-corrected chi connectivity index (χ2v) is 5.80. The van der Waals surface area contributed by atoms with Gasteiger partial charge in [-0.1, -0.05) is 6.07 Å². The van der Waals surface area contributed by atoms with Gasteiger partial charge in [0.05, 0.1) is 4.92 Å². The Morgan fingerprint density at radius 2 is 1.77 bits per heavy atom. The number of hydrogen-bond acceptors (Lipinski definition) is 5. The zero-order valence-corrected chi connectivity index (χ0v) is 14.7. The molecule has 8 nitrogen and oxygen atoms in total. The first kappa shape index (κ1) is 18.9. The highest BCUT2D eigenvalue weighted by molar-refractivity contribution is 6.01. The number of nitrogens with one attached hydrogen (secondary N) is 2. The van der Waals surface area contributed by atoms with E-state index in [-0.39, 0.29) is 5.69 Å². The summed E-state index contributed by atoms with van der Waals surface area (Å²) in [7, 11) is 0. The topological polar surface area (TPSA) is 111 Å². The van der Waals surface area contributed by atoms with Crippen molar-refractivity contribution in [1.82, 2.24) is 5.32 Å². The molecule has 8 heteroatoms. The van der Waals surface area contributed by atoms with E-state index in [1.54, 1.807) is 19.1 Å². The maximum Gasteiger partial charge on any atom is 0.325 e. The average Bonchev–Trinajstić information content (AvgIpc) is 2.56. The number of carbonyl (C=O) groups is 2. The number of aryl methyl sites for hydroxylation is 3. The van der Waals surface area contributed by atoms with Gasteiger partial charge in [0, 0.05) is 17.3 Å². The van der Waals surface area contributed by atoms with Crippen LogP contribution in [0.15, 0.2) is 36.4 Å². The molecule has 2 rings (SSSR count). The standard InChI is InChI=1S/C18H19N3O5/c1-11-4-5-14(8-12(11)2)19-18(23)20-17(22)10-26-15-6-7-16(21(24)25)13(3)9-15/h4-9H,10H2,1-3H3,(H2,19,20,22,23). The van der Waals surface area contributed by atoms with Crippen LogP contribution in [0.25, 0.3) is 0 Å². The normalized spacial score (nSPS) is 10.1. The Morgan fingerprint density at radius 3 is 2.38 bits per heavy atom. The summed E-state index contributed by atoms with van der Waals surface area (Å²) in [5, 5.41) is 15.5. The van der Waals surface area contributed by atoms with Crippen molar-refractivity contribution in [3.8, 4) is 5.75 Å². The van der Waals surface area contributed by atoms with Crippen LogP contribution in [0.4, 0.5) is 16.2 Å². The molecule has 0 aliphatic rings. The molecule has 0 heterocycles. The van der Waals surface area contributed by atoms with E-state index < -0.39 is 23.5 Å². The summed E-state index contributed by atoms with van der Waals surface area (Å²) in [6.07, 6.45) is 0. The van der Waals surface area contributed by atoms with Gasteiger partial charge in [0.2, 0.25) is 0 Å². The summed E-state index contributed by atoms with van der Waals surface area (Å²) >= 11 is 0. The third kappa shape index (κ3) is 5.04. The number of urea groups is 1. The molecule has 0 saturated carbocycles. The lowest BCUT2D eigenvalue weighted by atomic mass is 10.1. The highest BCUT2D eigenvalue weighted by Crippen LogP contribution is 2.22. The molecule has 3 amide bonds. The molecule has 0 aliphatic carbocycles. The number of amides is 3. The summed E-state index contributed by atoms with van der Waals surface area (Å²) in [6.45, 7) is 5.06. The van der Waals surface area contributed by atoms with Crippen LogP contribution in [0.3, 0.4) is 0 Å². The molecule has 0 fully saturated rings. The monoisotopic (exact) mass is 357 g/mol. The number of hydrogen-bond donors (Lipinski definition) is 2. The molecular weight excluding hydrogens is 338 g/mol. The number of benzene rings is 2. The van der Waals surface area contributed by atoms with Crippen molar-refractivity contribution < 1.29 is 19.2 Å². The Bertz CT molecular complexity index is 864. The number of nitrogens with zero attached hydrogens (tertiary/aromatic N) is 1. The van der Waals surface area contributed by atoms with Crippen molar-refractivity contribution in [1.29, 1.82) is 0 Å². The fraction of sp³-hybridized carbons (Fsp3) is 0.222. The predicted molar refractivity (Wildman–Crippen MR) is 96.4 cm³/mol. The van der Waals surface area contributed by atoms with Crippen molar-refractivity contribution in [3.63, 3.8) is 0 Å². The molecule has 26 heavy (non-hydrogen) atoms. The number of ether oxygens (including phenoxy) is 1. The van der Waals surface area contributed by atoms with E-state index in [0.29, 0.717) is 17.0 Å². The Morgan fingerprint density at radius 1 is 1.04 bits per heavy atom. The fourth-order valence-electron chi connectivity index (χ4n) is 2.22. The predicted octanol–water partition coefficient (Wildman–Crippen LogP) is 3.25. The van der Waals surface area contributed by atoms with Crippen molar-refractivity contribution in [2.24, 2.45) is 0 Å². The summed E-state index contributed by atoms with van der Waals surface area (Å²) < 4.78 is 5.25. The summed E-state index contributed by atoms with van der Waals surface area (Å²) in [4.78, 5) is 33.9. The summed E-state index contributed by atoms with van der Waals surface area (Å²) in [6, 6.07) is 8.90. The number of anilines is 1. The second kappa shape index (κ2) is 8.11. The van der Waals surface area contributed by atoms with Crippen molar-refractivity contribution in [3.05, 3.63) is 63.2 Å². The maximum atomic E-state index is 11.8. The molecular formula is C18H19N3O5. The number of nitro groups is 1. The Kier molecular flexibility index (Phi) is 5.90. The minimum absolute atomic E-state index is 0.0328. The smallest absolute Gasteiger partial charge is 0.325 e. The van der Waals surface area contributed by atoms with Gasteiger partial charge in [0.1, 0.15) is 5.75 Å². The summed E-state index contributed by atoms with van der Waals surface area (Å²) in [5.41, 5.74) is 3.07. The van der Waals surface area contributed by atoms with Gasteiger partial charge in [-0.3, -0.25) is 20.2 Å². The van der Waals surface area contributed by atoms with E-state index >= 15 is 0 Å². The Balaban J connectivity index is 1.86. The molecule has 0 aliphatic heterocycles. The lowest BCUT2D eigenvalue weighted by molar-refractivity contribution is -0.385. The van der Waals surface area contributed by atoms with Crippen LogP contribution in [0.2, 0.25) is 0 Å². The van der Waals surface area contributed by atoms with Crippen molar-refractivity contribution >= 4 is 23.3 Å². The van der Waals surface area contributed by atoms with E-state index in [1.165, 1.54) is 18.2 Å². The highest BCUT2D eigenvalue weighted by atomic mass is 16.6. The molecule has 2 aromatic rings. The molecule has 0 radical (unpaired) electrons. The number of nitro benzene ring substituents is 1. The van der Waals surface area contributed by atoms with Crippen LogP contribution in [0, 0.1) is 30.9 Å². The summed E-state index contributed by atoms with van der Waals surface area (Å²) in [5.74, 6) is -0.333. The Labute approximate surface area is 150 Å². The lowest BCUT2D eigenvalue weighted by Gasteiger charge is -2.10. The van der Waals surface area contributed by atoms with Crippen LogP contribution < -0.4 is 15.4 Å². The number of rotatable bonds is 5. The minimum atomic E-state index is -0.665. The van der Waals surface area contributed by atoms with E-state index in [4.69, 9.17) is 4.74 Å². The van der Waals surface area contributed by atoms with Crippen molar-refractivity contribution in [2.45, 2.75) is 20.8 Å². The van der Waals surface area contributed by atoms with Crippen LogP contribution in [-0.4, -0.2) is 23.5 Å². The van der Waals surface area contributed by atoms with Crippen LogP contribution in [0.5, 0.6) is 5.75 Å². The Hall–Kier alpha value is -3.42. The molecule has 0 saturated heterocycles. The minimum Gasteiger partial charge on any atom is -0.484 e. The first-order chi connectivity index (χ1) is 12.3. The molecule has 0 aromatic heterocycles. The van der Waals surface area contributed by atoms with Gasteiger partial charge >= 0.3 is 6.03 Å². The zero-order valence-electron chi connectivity index (χ0n) is 14.7. The molecule has 2 N–H and O–H groups in total. The van der Waals surface area contributed by atoms with E-state index in [2.05, 4.69) is 10.6 Å². The third-order valence-electron chi connectivity index (χ3n) is 3.75. The lowest BCUT2D eigenvalue weighted by Crippen LogP contribution is -2.37. The largest absolute Gasteiger partial charge is 0.484 e. The van der Waals surface area contributed by atoms with Gasteiger partial charge < -0.3 is 10.1 Å². The number of carbonyl (C=O) groups excluding carboxylic acids is 2. The van der Waals surface area contributed by atoms with Crippen LogP contribution in [-0.2, 0) is 4.79 Å². The third-order valence-corrected chi connectivity index (χ3v) is 3.75. The van der Waals surface area contributed by atoms with Gasteiger partial charge in [-0.15, -0.1) is 0 Å². The van der Waals surface area contributed by atoms with Gasteiger partial charge in [-0.25, -0.2) is 4.79 Å². The molecule has 2 aromatic carbocycles. The zero-order chi connectivity index (χ0) is 19.3. The average molecular weight is 357 g/mol. The van der Waals surface area contributed by atoms with Crippen LogP contribution in [0.1, 0.15) is 16.7 Å². The molecule has 0 spiro atoms. The van der Waals surface area contributed by atoms with Gasteiger partial charge in [-0.05, 0) is 56.2 Å². The number of imide groups is 1. The molecule has 0 bridgehead atoms. The van der Waals surface area contributed by atoms with Gasteiger partial charge in [0.15, 0.2) is 6.61 Å². The maximum absolute atomic E-state index is 11.8. The van der Waals surface area contributed by atoms with E-state index in [9.17, 15) is 19.7 Å². The quantitative estimate of drug-likeness (QED) is 0.630. The molecule has 0 unspecified atom stereocenters. The first-order valence-corrected chi connectivity index (χ1v) is 7.82. The van der Waals surface area contributed by atoms with E-state index in [1.807, 2.05) is 19.9 Å². The SMILES string of the molecule is Cc1ccc(NC(=O)NC(=O)COc2ccc([N+](=O)[O-])c(C)c2)cc1C. The fourth-order valence-corrected chi connectivity index (χ4v) is 2.22. The first-order valence-electron chi connectivity index (χ1n) is 7.82. The van der Waals surface area contributed by atoms with Gasteiger partial charge in [-0.2, -0.15) is 0 Å². The molecule has 136 valence electrons. The van der Waals surface area contributed by atoms with Crippen molar-refractivity contribution in [2.75, 3.05) is 11.9 Å².